The summed E-state index contributed by atoms with van der Waals surface area (Å²) >= 11 is 0. The van der Waals surface area contributed by atoms with Crippen LogP contribution in [0.5, 0.6) is 23.0 Å². The van der Waals surface area contributed by atoms with Crippen molar-refractivity contribution in [2.75, 3.05) is 6.61 Å². The second-order valence-corrected chi connectivity index (χ2v) is 8.83. The third-order valence-electron chi connectivity index (χ3n) is 4.89. The van der Waals surface area contributed by atoms with Crippen LogP contribution in [0, 0.1) is 5.92 Å². The van der Waals surface area contributed by atoms with Crippen molar-refractivity contribution in [3.63, 3.8) is 0 Å². The molecule has 44 heavy (non-hydrogen) atoms. The van der Waals surface area contributed by atoms with Crippen molar-refractivity contribution in [3.8, 4) is 23.0 Å². The summed E-state index contributed by atoms with van der Waals surface area (Å²) in [4.78, 5) is 41.1. The zero-order valence-corrected chi connectivity index (χ0v) is 23.7. The molecule has 0 amide bonds. The normalized spacial score (nSPS) is 9.43. The van der Waals surface area contributed by atoms with E-state index in [1.54, 1.807) is 54.6 Å². The van der Waals surface area contributed by atoms with Gasteiger partial charge < -0.3 is 40.1 Å². The lowest BCUT2D eigenvalue weighted by atomic mass is 10.2. The van der Waals surface area contributed by atoms with Crippen molar-refractivity contribution in [1.29, 1.82) is 0 Å². The maximum Gasteiger partial charge on any atom is 0.503 e. The molecule has 0 aliphatic heterocycles. The quantitative estimate of drug-likeness (QED) is 0.121. The number of carboxylic acids is 2. The molecule has 4 aromatic carbocycles. The van der Waals surface area contributed by atoms with Gasteiger partial charge in [-0.25, -0.2) is 19.2 Å². The number of benzene rings is 4. The van der Waals surface area contributed by atoms with Crippen LogP contribution in [0.15, 0.2) is 103 Å². The average Bonchev–Trinajstić information content (AvgIpc) is 2.97. The molecule has 4 aromatic rings. The first-order valence-corrected chi connectivity index (χ1v) is 12.8. The van der Waals surface area contributed by atoms with Crippen LogP contribution in [0.4, 0.5) is 4.79 Å². The summed E-state index contributed by atoms with van der Waals surface area (Å²) in [5, 5.41) is 49.6. The van der Waals surface area contributed by atoms with Gasteiger partial charge in [-0.2, -0.15) is 0 Å². The molecule has 6 N–H and O–H groups in total. The Balaban J connectivity index is 0.000000317. The van der Waals surface area contributed by atoms with Gasteiger partial charge in [0.25, 0.3) is 0 Å². The Kier molecular flexibility index (Phi) is 15.7. The van der Waals surface area contributed by atoms with E-state index in [1.165, 1.54) is 30.3 Å². The van der Waals surface area contributed by atoms with Crippen LogP contribution >= 0.6 is 0 Å². The van der Waals surface area contributed by atoms with E-state index in [-0.39, 0.29) is 28.2 Å². The number of ether oxygens (including phenoxy) is 2. The SMILES string of the molecule is CC(C)COC(=O)c1ccccc1O.O=C(O)O.O=C(O)c1ccccc1O.O=C(O)c1ccccc1Oc1ccccc1. The number of phenolic OH excluding ortho intramolecular Hbond substituents is 1. The second kappa shape index (κ2) is 19.1. The van der Waals surface area contributed by atoms with E-state index in [1.807, 2.05) is 32.0 Å². The molecule has 12 nitrogen and oxygen atoms in total. The predicted octanol–water partition coefficient (Wildman–Crippen LogP) is 6.69. The van der Waals surface area contributed by atoms with Gasteiger partial charge in [-0.3, -0.25) is 0 Å². The van der Waals surface area contributed by atoms with Crippen molar-refractivity contribution >= 4 is 24.1 Å². The van der Waals surface area contributed by atoms with Gasteiger partial charge in [0.2, 0.25) is 0 Å². The second-order valence-electron chi connectivity index (χ2n) is 8.83. The molecule has 0 atom stereocenters. The first-order chi connectivity index (χ1) is 20.8. The van der Waals surface area contributed by atoms with Crippen molar-refractivity contribution < 1.29 is 59.3 Å². The topological polar surface area (TPSA) is 208 Å². The number of carboxylic acid groups (broad SMARTS) is 4. The number of esters is 1. The van der Waals surface area contributed by atoms with Crippen LogP contribution in [0.3, 0.4) is 0 Å². The van der Waals surface area contributed by atoms with Gasteiger partial charge in [0.1, 0.15) is 39.7 Å². The highest BCUT2D eigenvalue weighted by atomic mass is 16.6. The Morgan fingerprint density at radius 1 is 0.591 bits per heavy atom. The van der Waals surface area contributed by atoms with Gasteiger partial charge in [0, 0.05) is 0 Å². The molecule has 0 saturated carbocycles. The van der Waals surface area contributed by atoms with Crippen molar-refractivity contribution in [2.45, 2.75) is 13.8 Å². The zero-order valence-electron chi connectivity index (χ0n) is 23.7. The minimum absolute atomic E-state index is 0.0405. The number of phenols is 2. The summed E-state index contributed by atoms with van der Waals surface area (Å²) in [5.74, 6) is -1.56. The molecule has 0 unspecified atom stereocenters. The van der Waals surface area contributed by atoms with E-state index in [0.717, 1.165) is 0 Å². The lowest BCUT2D eigenvalue weighted by Gasteiger charge is -2.07. The van der Waals surface area contributed by atoms with Crippen molar-refractivity contribution in [1.82, 2.24) is 0 Å². The first-order valence-electron chi connectivity index (χ1n) is 12.8. The number of hydrogen-bond acceptors (Lipinski definition) is 8. The monoisotopic (exact) mass is 608 g/mol. The van der Waals surface area contributed by atoms with Crippen LogP contribution in [0.2, 0.25) is 0 Å². The number of hydrogen-bond donors (Lipinski definition) is 6. The Hall–Kier alpha value is -6.04. The zero-order chi connectivity index (χ0) is 33.1. The minimum Gasteiger partial charge on any atom is -0.507 e. The number of carbonyl (C=O) groups excluding carboxylic acids is 1. The molecule has 12 heteroatoms. The molecule has 0 aliphatic rings. The van der Waals surface area contributed by atoms with E-state index in [2.05, 4.69) is 0 Å². The summed E-state index contributed by atoms with van der Waals surface area (Å²) in [6, 6.07) is 27.8. The smallest absolute Gasteiger partial charge is 0.503 e. The average molecular weight is 609 g/mol. The minimum atomic E-state index is -1.83. The molecule has 232 valence electrons. The summed E-state index contributed by atoms with van der Waals surface area (Å²) in [6.45, 7) is 4.28. The van der Waals surface area contributed by atoms with Gasteiger partial charge in [-0.1, -0.05) is 68.4 Å². The van der Waals surface area contributed by atoms with E-state index < -0.39 is 24.1 Å². The molecule has 0 spiro atoms. The number of para-hydroxylation sites is 4. The number of rotatable bonds is 7. The van der Waals surface area contributed by atoms with Crippen molar-refractivity contribution in [3.05, 3.63) is 120 Å². The van der Waals surface area contributed by atoms with Crippen LogP contribution in [-0.2, 0) is 4.74 Å². The number of aromatic hydroxyl groups is 2. The fraction of sp³-hybridized carbons (Fsp3) is 0.125. The van der Waals surface area contributed by atoms with E-state index in [9.17, 15) is 19.5 Å². The Labute approximate surface area is 252 Å². The van der Waals surface area contributed by atoms with Crippen molar-refractivity contribution in [2.24, 2.45) is 5.92 Å². The molecule has 4 rings (SSSR count). The van der Waals surface area contributed by atoms with Gasteiger partial charge in [0.05, 0.1) is 6.61 Å². The Morgan fingerprint density at radius 2 is 1.00 bits per heavy atom. The van der Waals surface area contributed by atoms with Gasteiger partial charge in [-0.05, 0) is 54.4 Å². The Morgan fingerprint density at radius 3 is 1.43 bits per heavy atom. The van der Waals surface area contributed by atoms with Crippen LogP contribution in [0.1, 0.15) is 44.9 Å². The molecule has 0 saturated heterocycles. The Bertz CT molecular complexity index is 1500. The summed E-state index contributed by atoms with van der Waals surface area (Å²) < 4.78 is 10.5. The first kappa shape index (κ1) is 36.0. The number of carbonyl (C=O) groups is 4. The van der Waals surface area contributed by atoms with Crippen LogP contribution in [-0.4, -0.2) is 61.3 Å². The highest BCUT2D eigenvalue weighted by molar-refractivity contribution is 5.92. The van der Waals surface area contributed by atoms with Gasteiger partial charge in [-0.15, -0.1) is 0 Å². The largest absolute Gasteiger partial charge is 0.507 e. The highest BCUT2D eigenvalue weighted by Crippen LogP contribution is 2.24. The van der Waals surface area contributed by atoms with Crippen LogP contribution < -0.4 is 4.74 Å². The standard InChI is InChI=1S/C13H10O3.C11H14O3.C7H6O3.CH2O3/c14-13(15)11-8-4-5-9-12(11)16-10-6-2-1-3-7-10;1-8(2)7-14-11(13)9-5-3-4-6-10(9)12;8-6-4-2-1-3-5(6)7(9)10;2-1(3)4/h1-9H,(H,14,15);3-6,8,12H,7H2,1-2H3;1-4,8H,(H,9,10);(H2,2,3,4). The third kappa shape index (κ3) is 14.0. The summed E-state index contributed by atoms with van der Waals surface area (Å²) in [7, 11) is 0. The fourth-order valence-corrected chi connectivity index (χ4v) is 2.97. The van der Waals surface area contributed by atoms with E-state index in [4.69, 9.17) is 39.8 Å². The molecular formula is C32H32O12. The molecule has 0 aromatic heterocycles. The molecular weight excluding hydrogens is 576 g/mol. The lowest BCUT2D eigenvalue weighted by Crippen LogP contribution is -2.10. The van der Waals surface area contributed by atoms with Gasteiger partial charge in [0.15, 0.2) is 0 Å². The van der Waals surface area contributed by atoms with E-state index in [0.29, 0.717) is 24.0 Å². The molecule has 0 aliphatic carbocycles. The molecule has 0 bridgehead atoms. The maximum atomic E-state index is 11.4. The van der Waals surface area contributed by atoms with Crippen LogP contribution in [0.25, 0.3) is 0 Å². The maximum absolute atomic E-state index is 11.4. The van der Waals surface area contributed by atoms with Gasteiger partial charge >= 0.3 is 24.1 Å². The number of aromatic carboxylic acids is 2. The highest BCUT2D eigenvalue weighted by Gasteiger charge is 2.12. The predicted molar refractivity (Wildman–Crippen MR) is 159 cm³/mol. The van der Waals surface area contributed by atoms with E-state index >= 15 is 0 Å². The molecule has 0 radical (unpaired) electrons. The summed E-state index contributed by atoms with van der Waals surface area (Å²) in [5.41, 5.74) is 0.307. The molecule has 0 fully saturated rings. The summed E-state index contributed by atoms with van der Waals surface area (Å²) in [6.07, 6.45) is -1.83. The third-order valence-corrected chi connectivity index (χ3v) is 4.89. The lowest BCUT2D eigenvalue weighted by molar-refractivity contribution is 0.0454. The fourth-order valence-electron chi connectivity index (χ4n) is 2.97. The molecule has 0 heterocycles.